The van der Waals surface area contributed by atoms with Crippen LogP contribution in [0, 0.1) is 10.1 Å². The smallest absolute Gasteiger partial charge is 0.292 e. The van der Waals surface area contributed by atoms with Crippen LogP contribution in [0.5, 0.6) is 0 Å². The summed E-state index contributed by atoms with van der Waals surface area (Å²) in [5, 5.41) is 14.1. The van der Waals surface area contributed by atoms with Gasteiger partial charge in [0.25, 0.3) is 5.69 Å². The molecule has 0 bridgehead atoms. The highest BCUT2D eigenvalue weighted by atomic mass is 16.6. The Hall–Kier alpha value is -1.66. The van der Waals surface area contributed by atoms with Crippen LogP contribution in [0.4, 0.5) is 11.4 Å². The lowest BCUT2D eigenvalue weighted by Gasteiger charge is -2.35. The van der Waals surface area contributed by atoms with Gasteiger partial charge in [0.15, 0.2) is 0 Å². The number of hydrogen-bond acceptors (Lipinski definition) is 5. The van der Waals surface area contributed by atoms with Crippen LogP contribution in [0.3, 0.4) is 0 Å². The molecule has 3 rings (SSSR count). The first kappa shape index (κ1) is 13.3. The minimum Gasteiger partial charge on any atom is -0.377 e. The molecule has 1 aromatic carbocycles. The maximum absolute atomic E-state index is 10.9. The third-order valence-corrected chi connectivity index (χ3v) is 4.08. The molecular weight excluding hydrogens is 258 g/mol. The van der Waals surface area contributed by atoms with E-state index in [1.54, 1.807) is 18.2 Å². The number of morpholine rings is 1. The van der Waals surface area contributed by atoms with Gasteiger partial charge in [-0.1, -0.05) is 12.1 Å². The van der Waals surface area contributed by atoms with E-state index in [-0.39, 0.29) is 16.7 Å². The minimum atomic E-state index is -0.361. The van der Waals surface area contributed by atoms with Crippen LogP contribution in [-0.4, -0.2) is 48.2 Å². The van der Waals surface area contributed by atoms with Gasteiger partial charge in [0.1, 0.15) is 5.69 Å². The molecule has 0 saturated carbocycles. The summed E-state index contributed by atoms with van der Waals surface area (Å²) < 4.78 is 5.84. The van der Waals surface area contributed by atoms with Gasteiger partial charge < -0.3 is 10.1 Å². The van der Waals surface area contributed by atoms with Crippen molar-refractivity contribution in [1.82, 2.24) is 4.90 Å². The molecule has 2 fully saturated rings. The maximum Gasteiger partial charge on any atom is 0.292 e. The maximum atomic E-state index is 10.9. The zero-order valence-electron chi connectivity index (χ0n) is 11.3. The summed E-state index contributed by atoms with van der Waals surface area (Å²) in [5.41, 5.74) is 0.673. The topological polar surface area (TPSA) is 67.6 Å². The van der Waals surface area contributed by atoms with Crippen LogP contribution in [0.1, 0.15) is 12.8 Å². The molecule has 1 N–H and O–H groups in total. The Kier molecular flexibility index (Phi) is 3.84. The van der Waals surface area contributed by atoms with Gasteiger partial charge in [-0.15, -0.1) is 0 Å². The molecule has 108 valence electrons. The fourth-order valence-electron chi connectivity index (χ4n) is 3.02. The molecule has 20 heavy (non-hydrogen) atoms. The van der Waals surface area contributed by atoms with Crippen molar-refractivity contribution in [3.8, 4) is 0 Å². The van der Waals surface area contributed by atoms with E-state index >= 15 is 0 Å². The van der Waals surface area contributed by atoms with Gasteiger partial charge >= 0.3 is 0 Å². The van der Waals surface area contributed by atoms with Crippen molar-refractivity contribution < 1.29 is 9.66 Å². The van der Waals surface area contributed by atoms with Gasteiger partial charge in [-0.2, -0.15) is 0 Å². The molecule has 0 aliphatic carbocycles. The third kappa shape index (κ3) is 2.76. The molecule has 1 aromatic rings. The zero-order chi connectivity index (χ0) is 13.9. The van der Waals surface area contributed by atoms with Gasteiger partial charge in [-0.3, -0.25) is 15.0 Å². The lowest BCUT2D eigenvalue weighted by Crippen LogP contribution is -2.48. The molecule has 6 heteroatoms. The summed E-state index contributed by atoms with van der Waals surface area (Å²) in [6.07, 6.45) is 2.58. The molecule has 6 nitrogen and oxygen atoms in total. The fourth-order valence-corrected chi connectivity index (χ4v) is 3.02. The first-order valence-electron chi connectivity index (χ1n) is 7.07. The Labute approximate surface area is 117 Å². The van der Waals surface area contributed by atoms with Crippen LogP contribution in [0.15, 0.2) is 24.3 Å². The molecule has 2 heterocycles. The first-order chi connectivity index (χ1) is 9.74. The SMILES string of the molecule is O=[N+]([O-])c1ccccc1NCC1CN2CCCC2CO1. The Morgan fingerprint density at radius 2 is 2.30 bits per heavy atom. The average molecular weight is 277 g/mol. The molecule has 0 spiro atoms. The van der Waals surface area contributed by atoms with Crippen molar-refractivity contribution in [2.75, 3.05) is 31.6 Å². The second kappa shape index (κ2) is 5.76. The number of nitro groups is 1. The lowest BCUT2D eigenvalue weighted by atomic mass is 10.2. The van der Waals surface area contributed by atoms with Gasteiger partial charge in [0.2, 0.25) is 0 Å². The average Bonchev–Trinajstić information content (AvgIpc) is 2.92. The standard InChI is InChI=1S/C14H19N3O3/c18-17(19)14-6-2-1-5-13(14)15-8-12-9-16-7-3-4-11(16)10-20-12/h1-2,5-6,11-12,15H,3-4,7-10H2. The quantitative estimate of drug-likeness (QED) is 0.672. The Morgan fingerprint density at radius 1 is 1.45 bits per heavy atom. The molecular formula is C14H19N3O3. The van der Waals surface area contributed by atoms with E-state index in [2.05, 4.69) is 10.2 Å². The molecule has 2 saturated heterocycles. The highest BCUT2D eigenvalue weighted by molar-refractivity contribution is 5.61. The van der Waals surface area contributed by atoms with E-state index in [1.807, 2.05) is 0 Å². The normalized spacial score (nSPS) is 26.2. The number of nitrogens with zero attached hydrogens (tertiary/aromatic N) is 2. The van der Waals surface area contributed by atoms with Crippen LogP contribution >= 0.6 is 0 Å². The van der Waals surface area contributed by atoms with Crippen LogP contribution in [-0.2, 0) is 4.74 Å². The summed E-state index contributed by atoms with van der Waals surface area (Å²) in [6, 6.07) is 7.31. The van der Waals surface area contributed by atoms with Crippen LogP contribution in [0.2, 0.25) is 0 Å². The number of ether oxygens (including phenoxy) is 1. The number of anilines is 1. The molecule has 2 unspecified atom stereocenters. The van der Waals surface area contributed by atoms with Crippen molar-refractivity contribution in [3.05, 3.63) is 34.4 Å². The monoisotopic (exact) mass is 277 g/mol. The zero-order valence-corrected chi connectivity index (χ0v) is 11.3. The number of benzene rings is 1. The second-order valence-corrected chi connectivity index (χ2v) is 5.40. The fraction of sp³-hybridized carbons (Fsp3) is 0.571. The van der Waals surface area contributed by atoms with E-state index in [0.717, 1.165) is 19.7 Å². The molecule has 2 aliphatic rings. The summed E-state index contributed by atoms with van der Waals surface area (Å²) >= 11 is 0. The number of nitro benzene ring substituents is 1. The minimum absolute atomic E-state index is 0.101. The van der Waals surface area contributed by atoms with Crippen LogP contribution < -0.4 is 5.32 Å². The van der Waals surface area contributed by atoms with Gasteiger partial charge in [-0.25, -0.2) is 0 Å². The van der Waals surface area contributed by atoms with Crippen molar-refractivity contribution in [2.24, 2.45) is 0 Å². The molecule has 2 atom stereocenters. The Balaban J connectivity index is 1.58. The predicted octanol–water partition coefficient (Wildman–Crippen LogP) is 1.87. The van der Waals surface area contributed by atoms with E-state index in [1.165, 1.54) is 18.9 Å². The van der Waals surface area contributed by atoms with Crippen molar-refractivity contribution in [3.63, 3.8) is 0 Å². The Morgan fingerprint density at radius 3 is 3.15 bits per heavy atom. The summed E-state index contributed by atoms with van der Waals surface area (Å²) in [7, 11) is 0. The van der Waals surface area contributed by atoms with Gasteiger partial charge in [0, 0.05) is 25.2 Å². The van der Waals surface area contributed by atoms with Crippen molar-refractivity contribution in [2.45, 2.75) is 25.0 Å². The summed E-state index contributed by atoms with van der Waals surface area (Å²) in [6.45, 7) is 3.45. The first-order valence-corrected chi connectivity index (χ1v) is 7.07. The molecule has 0 amide bonds. The largest absolute Gasteiger partial charge is 0.377 e. The molecule has 2 aliphatic heterocycles. The lowest BCUT2D eigenvalue weighted by molar-refractivity contribution is -0.384. The van der Waals surface area contributed by atoms with Gasteiger partial charge in [-0.05, 0) is 25.5 Å². The third-order valence-electron chi connectivity index (χ3n) is 4.08. The van der Waals surface area contributed by atoms with E-state index in [4.69, 9.17) is 4.74 Å². The number of fused-ring (bicyclic) bond motifs is 1. The number of rotatable bonds is 4. The Bertz CT molecular complexity index is 494. The molecule has 0 aromatic heterocycles. The number of nitrogens with one attached hydrogen (secondary N) is 1. The highest BCUT2D eigenvalue weighted by Gasteiger charge is 2.32. The van der Waals surface area contributed by atoms with Crippen LogP contribution in [0.25, 0.3) is 0 Å². The molecule has 0 radical (unpaired) electrons. The van der Waals surface area contributed by atoms with E-state index in [0.29, 0.717) is 18.3 Å². The van der Waals surface area contributed by atoms with Gasteiger partial charge in [0.05, 0.1) is 17.6 Å². The number of hydrogen-bond donors (Lipinski definition) is 1. The van der Waals surface area contributed by atoms with E-state index < -0.39 is 0 Å². The van der Waals surface area contributed by atoms with Crippen molar-refractivity contribution >= 4 is 11.4 Å². The summed E-state index contributed by atoms with van der Waals surface area (Å²) in [5.74, 6) is 0. The number of para-hydroxylation sites is 2. The summed E-state index contributed by atoms with van der Waals surface area (Å²) in [4.78, 5) is 13.1. The second-order valence-electron chi connectivity index (χ2n) is 5.40. The predicted molar refractivity (Wildman–Crippen MR) is 75.9 cm³/mol. The van der Waals surface area contributed by atoms with E-state index in [9.17, 15) is 10.1 Å². The highest BCUT2D eigenvalue weighted by Crippen LogP contribution is 2.25. The van der Waals surface area contributed by atoms with Crippen molar-refractivity contribution in [1.29, 1.82) is 0 Å².